The van der Waals surface area contributed by atoms with Crippen LogP contribution in [0, 0.1) is 0 Å². The van der Waals surface area contributed by atoms with E-state index in [0.29, 0.717) is 24.9 Å². The number of halogens is 7. The summed E-state index contributed by atoms with van der Waals surface area (Å²) in [4.78, 5) is 0. The Kier molecular flexibility index (Phi) is 5.41. The number of hydrogen-bond acceptors (Lipinski definition) is 2. The molecule has 10 heteroatoms. The molecule has 0 amide bonds. The monoisotopic (exact) mass is 459 g/mol. The van der Waals surface area contributed by atoms with Gasteiger partial charge in [0.25, 0.3) is 0 Å². The lowest BCUT2D eigenvalue weighted by atomic mass is 9.99. The lowest BCUT2D eigenvalue weighted by Gasteiger charge is -2.16. The first-order valence-corrected chi connectivity index (χ1v) is 9.84. The highest BCUT2D eigenvalue weighted by molar-refractivity contribution is 6.30. The van der Waals surface area contributed by atoms with Crippen LogP contribution in [0.3, 0.4) is 0 Å². The van der Waals surface area contributed by atoms with Gasteiger partial charge in [-0.05, 0) is 43.5 Å². The molecule has 0 saturated carbocycles. The Bertz CT molecular complexity index is 1120. The summed E-state index contributed by atoms with van der Waals surface area (Å²) >= 11 is 5.78. The van der Waals surface area contributed by atoms with E-state index in [9.17, 15) is 26.3 Å². The number of hydrogen-bond donors (Lipinski definition) is 1. The minimum atomic E-state index is -4.73. The SMILES string of the molecule is FC(F)(F)c1ccccc1-c1nn(-c2ccc(Cl)cc2C(F)(F)F)c2c1CCCCN2. The molecule has 3 aromatic rings. The van der Waals surface area contributed by atoms with Crippen molar-refractivity contribution < 1.29 is 26.3 Å². The average Bonchev–Trinajstić information content (AvgIpc) is 2.87. The lowest BCUT2D eigenvalue weighted by molar-refractivity contribution is -0.138. The quantitative estimate of drug-likeness (QED) is 0.419. The van der Waals surface area contributed by atoms with Gasteiger partial charge in [0, 0.05) is 22.7 Å². The van der Waals surface area contributed by atoms with Crippen molar-refractivity contribution in [2.24, 2.45) is 0 Å². The van der Waals surface area contributed by atoms with Gasteiger partial charge in [-0.25, -0.2) is 4.68 Å². The van der Waals surface area contributed by atoms with E-state index >= 15 is 0 Å². The number of nitrogens with zero attached hydrogens (tertiary/aromatic N) is 2. The van der Waals surface area contributed by atoms with Gasteiger partial charge < -0.3 is 5.32 Å². The molecule has 0 radical (unpaired) electrons. The highest BCUT2D eigenvalue weighted by Gasteiger charge is 2.38. The van der Waals surface area contributed by atoms with Gasteiger partial charge in [0.1, 0.15) is 5.82 Å². The summed E-state index contributed by atoms with van der Waals surface area (Å²) in [6.45, 7) is 0.466. The van der Waals surface area contributed by atoms with Crippen molar-refractivity contribution in [2.45, 2.75) is 31.6 Å². The molecule has 0 fully saturated rings. The Morgan fingerprint density at radius 1 is 0.903 bits per heavy atom. The fourth-order valence-corrected chi connectivity index (χ4v) is 3.92. The van der Waals surface area contributed by atoms with Crippen molar-refractivity contribution in [3.8, 4) is 16.9 Å². The van der Waals surface area contributed by atoms with Crippen LogP contribution < -0.4 is 5.32 Å². The summed E-state index contributed by atoms with van der Waals surface area (Å²) in [7, 11) is 0. The Morgan fingerprint density at radius 3 is 2.32 bits per heavy atom. The van der Waals surface area contributed by atoms with Crippen LogP contribution in [0.25, 0.3) is 16.9 Å². The Balaban J connectivity index is 2.00. The minimum Gasteiger partial charge on any atom is -0.370 e. The van der Waals surface area contributed by atoms with Crippen molar-refractivity contribution in [3.63, 3.8) is 0 Å². The highest BCUT2D eigenvalue weighted by Crippen LogP contribution is 2.42. The lowest BCUT2D eigenvalue weighted by Crippen LogP contribution is -2.14. The Labute approximate surface area is 178 Å². The maximum Gasteiger partial charge on any atom is 0.418 e. The highest BCUT2D eigenvalue weighted by atomic mass is 35.5. The molecule has 0 unspecified atom stereocenters. The van der Waals surface area contributed by atoms with E-state index in [2.05, 4.69) is 10.4 Å². The standard InChI is InChI=1S/C21H16ClF6N3/c22-12-8-9-17(16(11-12)21(26,27)28)31-19-14(6-3-4-10-29-19)18(30-31)13-5-1-2-7-15(13)20(23,24)25/h1-2,5,7-9,11,29H,3-4,6,10H2. The second-order valence-corrected chi connectivity index (χ2v) is 7.61. The number of alkyl halides is 6. The van der Waals surface area contributed by atoms with E-state index < -0.39 is 23.5 Å². The second kappa shape index (κ2) is 7.78. The fraction of sp³-hybridized carbons (Fsp3) is 0.286. The van der Waals surface area contributed by atoms with Gasteiger partial charge >= 0.3 is 12.4 Å². The molecule has 1 N–H and O–H groups in total. The number of benzene rings is 2. The zero-order valence-corrected chi connectivity index (χ0v) is 16.7. The van der Waals surface area contributed by atoms with Crippen LogP contribution in [0.4, 0.5) is 32.2 Å². The molecule has 1 aromatic heterocycles. The van der Waals surface area contributed by atoms with E-state index in [1.54, 1.807) is 0 Å². The molecule has 0 atom stereocenters. The zero-order valence-electron chi connectivity index (χ0n) is 15.9. The third-order valence-corrected chi connectivity index (χ3v) is 5.34. The van der Waals surface area contributed by atoms with E-state index in [1.165, 1.54) is 30.3 Å². The summed E-state index contributed by atoms with van der Waals surface area (Å²) in [5.74, 6) is 0.261. The molecule has 3 nitrogen and oxygen atoms in total. The normalized spacial score (nSPS) is 14.7. The van der Waals surface area contributed by atoms with Crippen LogP contribution in [-0.2, 0) is 18.8 Å². The number of fused-ring (bicyclic) bond motifs is 1. The molecule has 4 rings (SSSR count). The summed E-state index contributed by atoms with van der Waals surface area (Å²) in [5.41, 5.74) is -1.92. The predicted octanol–water partition coefficient (Wildman–Crippen LogP) is 6.98. The van der Waals surface area contributed by atoms with Crippen molar-refractivity contribution in [1.29, 1.82) is 0 Å². The van der Waals surface area contributed by atoms with E-state index in [4.69, 9.17) is 11.6 Å². The van der Waals surface area contributed by atoms with Gasteiger partial charge in [0.05, 0.1) is 22.5 Å². The number of aromatic nitrogens is 2. The van der Waals surface area contributed by atoms with Gasteiger partial charge in [-0.2, -0.15) is 31.4 Å². The summed E-state index contributed by atoms with van der Waals surface area (Å²) in [6, 6.07) is 8.18. The number of rotatable bonds is 2. The molecular weight excluding hydrogens is 444 g/mol. The third kappa shape index (κ3) is 4.11. The summed E-state index contributed by atoms with van der Waals surface area (Å²) < 4.78 is 83.0. The molecule has 1 aliphatic heterocycles. The molecule has 164 valence electrons. The molecular formula is C21H16ClF6N3. The van der Waals surface area contributed by atoms with Gasteiger partial charge in [-0.3, -0.25) is 0 Å². The van der Waals surface area contributed by atoms with Crippen LogP contribution in [0.15, 0.2) is 42.5 Å². The number of nitrogens with one attached hydrogen (secondary N) is 1. The van der Waals surface area contributed by atoms with Gasteiger partial charge in [0.15, 0.2) is 0 Å². The average molecular weight is 460 g/mol. The van der Waals surface area contributed by atoms with Crippen molar-refractivity contribution >= 4 is 17.4 Å². The van der Waals surface area contributed by atoms with Crippen LogP contribution in [0.1, 0.15) is 29.5 Å². The summed E-state index contributed by atoms with van der Waals surface area (Å²) in [5, 5.41) is 7.21. The maximum atomic E-state index is 13.7. The molecule has 31 heavy (non-hydrogen) atoms. The second-order valence-electron chi connectivity index (χ2n) is 7.17. The van der Waals surface area contributed by atoms with Gasteiger partial charge in [-0.1, -0.05) is 29.8 Å². The fourth-order valence-electron chi connectivity index (χ4n) is 3.75. The minimum absolute atomic E-state index is 0.0143. The molecule has 0 aliphatic carbocycles. The van der Waals surface area contributed by atoms with Crippen LogP contribution in [0.2, 0.25) is 5.02 Å². The molecule has 0 saturated heterocycles. The van der Waals surface area contributed by atoms with Gasteiger partial charge in [0.2, 0.25) is 0 Å². The van der Waals surface area contributed by atoms with Crippen molar-refractivity contribution in [2.75, 3.05) is 11.9 Å². The third-order valence-electron chi connectivity index (χ3n) is 5.11. The summed E-state index contributed by atoms with van der Waals surface area (Å²) in [6.07, 6.45) is -7.59. The largest absolute Gasteiger partial charge is 0.418 e. The maximum absolute atomic E-state index is 13.7. The van der Waals surface area contributed by atoms with Crippen LogP contribution in [-0.4, -0.2) is 16.3 Å². The first-order chi connectivity index (χ1) is 14.6. The predicted molar refractivity (Wildman–Crippen MR) is 105 cm³/mol. The molecule has 2 aromatic carbocycles. The van der Waals surface area contributed by atoms with Gasteiger partial charge in [-0.15, -0.1) is 0 Å². The molecule has 2 heterocycles. The first kappa shape index (κ1) is 21.5. The Hall–Kier alpha value is -2.68. The number of anilines is 1. The molecule has 0 bridgehead atoms. The van der Waals surface area contributed by atoms with Crippen molar-refractivity contribution in [3.05, 3.63) is 64.2 Å². The van der Waals surface area contributed by atoms with E-state index in [1.807, 2.05) is 0 Å². The van der Waals surface area contributed by atoms with E-state index in [-0.39, 0.29) is 27.8 Å². The van der Waals surface area contributed by atoms with E-state index in [0.717, 1.165) is 23.2 Å². The molecule has 1 aliphatic rings. The van der Waals surface area contributed by atoms with Crippen LogP contribution in [0.5, 0.6) is 0 Å². The van der Waals surface area contributed by atoms with Crippen molar-refractivity contribution in [1.82, 2.24) is 9.78 Å². The Morgan fingerprint density at radius 2 is 1.61 bits per heavy atom. The smallest absolute Gasteiger partial charge is 0.370 e. The first-order valence-electron chi connectivity index (χ1n) is 9.47. The van der Waals surface area contributed by atoms with Crippen LogP contribution >= 0.6 is 11.6 Å². The molecule has 0 spiro atoms. The topological polar surface area (TPSA) is 29.9 Å². The zero-order chi connectivity index (χ0) is 22.4.